The van der Waals surface area contributed by atoms with Gasteiger partial charge in [0.2, 0.25) is 10.0 Å². The van der Waals surface area contributed by atoms with Crippen LogP contribution in [0.3, 0.4) is 0 Å². The second-order valence-corrected chi connectivity index (χ2v) is 7.47. The van der Waals surface area contributed by atoms with Crippen molar-refractivity contribution < 1.29 is 13.2 Å². The minimum absolute atomic E-state index is 0. The van der Waals surface area contributed by atoms with Gasteiger partial charge >= 0.3 is 0 Å². The van der Waals surface area contributed by atoms with E-state index < -0.39 is 10.0 Å². The van der Waals surface area contributed by atoms with Crippen molar-refractivity contribution in [3.63, 3.8) is 0 Å². The maximum absolute atomic E-state index is 12.1. The number of ether oxygens (including phenoxy) is 1. The van der Waals surface area contributed by atoms with Crippen LogP contribution in [0, 0.1) is 5.41 Å². The van der Waals surface area contributed by atoms with E-state index in [1.807, 2.05) is 13.8 Å². The Morgan fingerprint density at radius 2 is 2.06 bits per heavy atom. The standard InChI is InChI=1S/C11H24N2O3S.ClH/c1-11(2)9-13(6-5-10(11)12)17(14,15)8-4-7-16-3;/h10H,4-9,12H2,1-3H3;1H. The second kappa shape index (κ2) is 7.05. The molecule has 0 aromatic heterocycles. The van der Waals surface area contributed by atoms with Gasteiger partial charge in [-0.25, -0.2) is 12.7 Å². The minimum Gasteiger partial charge on any atom is -0.385 e. The maximum atomic E-state index is 12.1. The van der Waals surface area contributed by atoms with Crippen molar-refractivity contribution in [2.45, 2.75) is 32.7 Å². The Hall–Kier alpha value is 0.120. The van der Waals surface area contributed by atoms with E-state index >= 15 is 0 Å². The Labute approximate surface area is 117 Å². The molecule has 0 radical (unpaired) electrons. The summed E-state index contributed by atoms with van der Waals surface area (Å²) in [6.45, 7) is 5.59. The molecule has 1 aliphatic heterocycles. The number of halogens is 1. The summed E-state index contributed by atoms with van der Waals surface area (Å²) in [4.78, 5) is 0. The van der Waals surface area contributed by atoms with Gasteiger partial charge in [0.25, 0.3) is 0 Å². The lowest BCUT2D eigenvalue weighted by molar-refractivity contribution is 0.154. The molecule has 18 heavy (non-hydrogen) atoms. The second-order valence-electron chi connectivity index (χ2n) is 5.38. The van der Waals surface area contributed by atoms with Crippen molar-refractivity contribution in [1.29, 1.82) is 0 Å². The molecule has 0 bridgehead atoms. The number of hydrogen-bond donors (Lipinski definition) is 1. The summed E-state index contributed by atoms with van der Waals surface area (Å²) in [6, 6.07) is 0.0768. The van der Waals surface area contributed by atoms with Crippen molar-refractivity contribution in [2.75, 3.05) is 32.6 Å². The highest BCUT2D eigenvalue weighted by molar-refractivity contribution is 7.89. The summed E-state index contributed by atoms with van der Waals surface area (Å²) in [6.07, 6.45) is 1.28. The first-order valence-corrected chi connectivity index (χ1v) is 7.63. The van der Waals surface area contributed by atoms with Gasteiger partial charge in [-0.2, -0.15) is 0 Å². The van der Waals surface area contributed by atoms with Gasteiger partial charge in [-0.05, 0) is 18.3 Å². The quantitative estimate of drug-likeness (QED) is 0.764. The molecule has 110 valence electrons. The lowest BCUT2D eigenvalue weighted by Crippen LogP contribution is -2.54. The van der Waals surface area contributed by atoms with Crippen molar-refractivity contribution in [3.05, 3.63) is 0 Å². The van der Waals surface area contributed by atoms with Gasteiger partial charge in [0.15, 0.2) is 0 Å². The van der Waals surface area contributed by atoms with Crippen LogP contribution in [0.1, 0.15) is 26.7 Å². The average molecular weight is 301 g/mol. The summed E-state index contributed by atoms with van der Waals surface area (Å²) in [5, 5.41) is 0. The Morgan fingerprint density at radius 1 is 1.44 bits per heavy atom. The molecule has 0 aromatic carbocycles. The van der Waals surface area contributed by atoms with E-state index in [2.05, 4.69) is 0 Å². The monoisotopic (exact) mass is 300 g/mol. The molecule has 1 atom stereocenters. The average Bonchev–Trinajstić information content (AvgIpc) is 2.22. The van der Waals surface area contributed by atoms with Gasteiger partial charge in [-0.3, -0.25) is 0 Å². The van der Waals surface area contributed by atoms with Crippen LogP contribution in [0.25, 0.3) is 0 Å². The van der Waals surface area contributed by atoms with Crippen molar-refractivity contribution in [3.8, 4) is 0 Å². The zero-order valence-corrected chi connectivity index (χ0v) is 13.0. The number of sulfonamides is 1. The van der Waals surface area contributed by atoms with Crippen LogP contribution < -0.4 is 5.73 Å². The molecule has 0 spiro atoms. The lowest BCUT2D eigenvalue weighted by atomic mass is 9.81. The Morgan fingerprint density at radius 3 is 2.56 bits per heavy atom. The van der Waals surface area contributed by atoms with E-state index in [1.54, 1.807) is 11.4 Å². The third-order valence-electron chi connectivity index (χ3n) is 3.42. The fourth-order valence-corrected chi connectivity index (χ4v) is 3.73. The molecule has 0 aliphatic carbocycles. The molecule has 1 heterocycles. The van der Waals surface area contributed by atoms with Crippen LogP contribution in [0.2, 0.25) is 0 Å². The first-order chi connectivity index (χ1) is 7.79. The largest absolute Gasteiger partial charge is 0.385 e. The molecular formula is C11H25ClN2O3S. The van der Waals surface area contributed by atoms with E-state index in [-0.39, 0.29) is 29.6 Å². The summed E-state index contributed by atoms with van der Waals surface area (Å²) < 4.78 is 30.6. The Bertz CT molecular complexity index is 346. The topological polar surface area (TPSA) is 72.6 Å². The maximum Gasteiger partial charge on any atom is 0.214 e. The van der Waals surface area contributed by atoms with Crippen LogP contribution in [-0.2, 0) is 14.8 Å². The molecular weight excluding hydrogens is 276 g/mol. The third-order valence-corrected chi connectivity index (χ3v) is 5.32. The van der Waals surface area contributed by atoms with E-state index in [0.717, 1.165) is 6.42 Å². The zero-order chi connectivity index (χ0) is 13.1. The number of nitrogens with two attached hydrogens (primary N) is 1. The highest BCUT2D eigenvalue weighted by Gasteiger charge is 2.37. The molecule has 1 rings (SSSR count). The first-order valence-electron chi connectivity index (χ1n) is 6.02. The van der Waals surface area contributed by atoms with Crippen molar-refractivity contribution >= 4 is 22.4 Å². The fraction of sp³-hybridized carbons (Fsp3) is 1.00. The van der Waals surface area contributed by atoms with E-state index in [0.29, 0.717) is 26.1 Å². The summed E-state index contributed by atoms with van der Waals surface area (Å²) in [5.41, 5.74) is 5.85. The number of rotatable bonds is 5. The summed E-state index contributed by atoms with van der Waals surface area (Å²) in [7, 11) is -1.57. The molecule has 0 amide bonds. The number of piperidine rings is 1. The fourth-order valence-electron chi connectivity index (χ4n) is 2.08. The number of hydrogen-bond acceptors (Lipinski definition) is 4. The minimum atomic E-state index is -3.15. The summed E-state index contributed by atoms with van der Waals surface area (Å²) >= 11 is 0. The van der Waals surface area contributed by atoms with E-state index in [1.165, 1.54) is 0 Å². The van der Waals surface area contributed by atoms with Crippen LogP contribution in [-0.4, -0.2) is 51.3 Å². The van der Waals surface area contributed by atoms with Gasteiger partial charge in [0, 0.05) is 32.8 Å². The first kappa shape index (κ1) is 18.1. The molecule has 1 fully saturated rings. The normalized spacial score (nSPS) is 24.6. The predicted molar refractivity (Wildman–Crippen MR) is 75.5 cm³/mol. The molecule has 5 nitrogen and oxygen atoms in total. The van der Waals surface area contributed by atoms with Gasteiger partial charge in [-0.15, -0.1) is 12.4 Å². The molecule has 0 saturated carbocycles. The predicted octanol–water partition coefficient (Wildman–Crippen LogP) is 0.834. The van der Waals surface area contributed by atoms with E-state index in [9.17, 15) is 8.42 Å². The van der Waals surface area contributed by atoms with Gasteiger partial charge in [-0.1, -0.05) is 13.8 Å². The van der Waals surface area contributed by atoms with Gasteiger partial charge in [0.1, 0.15) is 0 Å². The number of methoxy groups -OCH3 is 1. The summed E-state index contributed by atoms with van der Waals surface area (Å²) in [5.74, 6) is 0.159. The molecule has 7 heteroatoms. The molecule has 2 N–H and O–H groups in total. The third kappa shape index (κ3) is 4.66. The van der Waals surface area contributed by atoms with Gasteiger partial charge in [0.05, 0.1) is 5.75 Å². The van der Waals surface area contributed by atoms with Gasteiger partial charge < -0.3 is 10.5 Å². The SMILES string of the molecule is COCCCS(=O)(=O)N1CCC(N)C(C)(C)C1.Cl. The van der Waals surface area contributed by atoms with Crippen LogP contribution >= 0.6 is 12.4 Å². The Balaban J connectivity index is 0.00000289. The number of nitrogens with zero attached hydrogens (tertiary/aromatic N) is 1. The molecule has 1 unspecified atom stereocenters. The molecule has 0 aromatic rings. The zero-order valence-electron chi connectivity index (χ0n) is 11.4. The van der Waals surface area contributed by atoms with Crippen LogP contribution in [0.15, 0.2) is 0 Å². The smallest absolute Gasteiger partial charge is 0.214 e. The van der Waals surface area contributed by atoms with Crippen LogP contribution in [0.4, 0.5) is 0 Å². The van der Waals surface area contributed by atoms with E-state index in [4.69, 9.17) is 10.5 Å². The van der Waals surface area contributed by atoms with Crippen LogP contribution in [0.5, 0.6) is 0 Å². The van der Waals surface area contributed by atoms with Crippen molar-refractivity contribution in [2.24, 2.45) is 11.1 Å². The highest BCUT2D eigenvalue weighted by Crippen LogP contribution is 2.29. The molecule has 1 saturated heterocycles. The highest BCUT2D eigenvalue weighted by atomic mass is 35.5. The van der Waals surface area contributed by atoms with Crippen molar-refractivity contribution in [1.82, 2.24) is 4.31 Å². The lowest BCUT2D eigenvalue weighted by Gasteiger charge is -2.41. The molecule has 1 aliphatic rings. The Kier molecular flexibility index (Phi) is 7.10.